The first-order valence-corrected chi connectivity index (χ1v) is 4.59. The lowest BCUT2D eigenvalue weighted by atomic mass is 10.1. The molecule has 0 unspecified atom stereocenters. The van der Waals surface area contributed by atoms with Gasteiger partial charge in [0, 0.05) is 17.0 Å². The number of fused-ring (bicyclic) bond motifs is 1. The molecule has 1 aromatic carbocycles. The van der Waals surface area contributed by atoms with E-state index in [0.29, 0.717) is 22.2 Å². The molecular weight excluding hydrogens is 208 g/mol. The van der Waals surface area contributed by atoms with E-state index in [1.807, 2.05) is 0 Å². The normalized spacial score (nSPS) is 10.3. The minimum atomic E-state index is -1.07. The van der Waals surface area contributed by atoms with E-state index >= 15 is 0 Å². The fourth-order valence-electron chi connectivity index (χ4n) is 1.61. The summed E-state index contributed by atoms with van der Waals surface area (Å²) in [4.78, 5) is 14.8. The van der Waals surface area contributed by atoms with Gasteiger partial charge in [-0.05, 0) is 18.2 Å². The highest BCUT2D eigenvalue weighted by molar-refractivity contribution is 6.06. The number of benzene rings is 1. The highest BCUT2D eigenvalue weighted by atomic mass is 16.5. The summed E-state index contributed by atoms with van der Waals surface area (Å²) in [6.07, 6.45) is 1.42. The van der Waals surface area contributed by atoms with Crippen LogP contribution in [0.2, 0.25) is 0 Å². The molecule has 1 aromatic heterocycles. The van der Waals surface area contributed by atoms with Crippen molar-refractivity contribution in [1.82, 2.24) is 4.98 Å². The van der Waals surface area contributed by atoms with Crippen molar-refractivity contribution < 1.29 is 14.6 Å². The van der Waals surface area contributed by atoms with Crippen molar-refractivity contribution in [1.29, 1.82) is 0 Å². The van der Waals surface area contributed by atoms with Gasteiger partial charge in [-0.25, -0.2) is 9.78 Å². The number of rotatable bonds is 2. The van der Waals surface area contributed by atoms with Crippen LogP contribution in [0.25, 0.3) is 10.8 Å². The summed E-state index contributed by atoms with van der Waals surface area (Å²) in [6.45, 7) is 0. The van der Waals surface area contributed by atoms with Crippen molar-refractivity contribution in [3.63, 3.8) is 0 Å². The number of nitrogen functional groups attached to an aromatic ring is 1. The zero-order chi connectivity index (χ0) is 11.7. The monoisotopic (exact) mass is 218 g/mol. The number of carbonyl (C=O) groups is 1. The van der Waals surface area contributed by atoms with E-state index < -0.39 is 5.97 Å². The number of aromatic nitrogens is 1. The molecule has 0 amide bonds. The molecule has 82 valence electrons. The molecule has 5 heteroatoms. The summed E-state index contributed by atoms with van der Waals surface area (Å²) in [5.41, 5.74) is 6.27. The van der Waals surface area contributed by atoms with Crippen molar-refractivity contribution in [2.45, 2.75) is 0 Å². The van der Waals surface area contributed by atoms with E-state index in [-0.39, 0.29) is 5.69 Å². The van der Waals surface area contributed by atoms with Crippen LogP contribution >= 0.6 is 0 Å². The Kier molecular flexibility index (Phi) is 2.36. The predicted octanol–water partition coefficient (Wildman–Crippen LogP) is 1.52. The average molecular weight is 218 g/mol. The average Bonchev–Trinajstić information content (AvgIpc) is 2.29. The van der Waals surface area contributed by atoms with Gasteiger partial charge in [0.2, 0.25) is 0 Å². The standard InChI is InChI=1S/C11H10N2O3/c1-16-8-3-2-7-6(9(8)12)4-5-13-10(7)11(14)15/h2-5H,12H2,1H3,(H,14,15). The van der Waals surface area contributed by atoms with Crippen molar-refractivity contribution >= 4 is 22.4 Å². The molecule has 16 heavy (non-hydrogen) atoms. The van der Waals surface area contributed by atoms with E-state index in [1.54, 1.807) is 18.2 Å². The molecule has 2 rings (SSSR count). The van der Waals surface area contributed by atoms with Crippen molar-refractivity contribution in [3.8, 4) is 5.75 Å². The number of carboxylic acids is 1. The van der Waals surface area contributed by atoms with E-state index in [1.165, 1.54) is 13.3 Å². The van der Waals surface area contributed by atoms with Crippen molar-refractivity contribution in [2.75, 3.05) is 12.8 Å². The molecule has 0 saturated carbocycles. The van der Waals surface area contributed by atoms with Crippen LogP contribution in [0.5, 0.6) is 5.75 Å². The van der Waals surface area contributed by atoms with Gasteiger partial charge in [0.1, 0.15) is 5.75 Å². The third kappa shape index (κ3) is 1.42. The number of anilines is 1. The van der Waals surface area contributed by atoms with Crippen LogP contribution in [0.1, 0.15) is 10.5 Å². The Hall–Kier alpha value is -2.30. The SMILES string of the molecule is COc1ccc2c(C(=O)O)nccc2c1N. The first-order valence-electron chi connectivity index (χ1n) is 4.59. The smallest absolute Gasteiger partial charge is 0.355 e. The van der Waals surface area contributed by atoms with E-state index in [9.17, 15) is 4.79 Å². The number of hydrogen-bond acceptors (Lipinski definition) is 4. The van der Waals surface area contributed by atoms with Crippen LogP contribution in [0.4, 0.5) is 5.69 Å². The summed E-state index contributed by atoms with van der Waals surface area (Å²) in [6, 6.07) is 4.94. The van der Waals surface area contributed by atoms with E-state index in [4.69, 9.17) is 15.6 Å². The zero-order valence-corrected chi connectivity index (χ0v) is 8.60. The Morgan fingerprint density at radius 1 is 1.38 bits per heavy atom. The maximum Gasteiger partial charge on any atom is 0.355 e. The number of nitrogens with two attached hydrogens (primary N) is 1. The first-order chi connectivity index (χ1) is 7.65. The van der Waals surface area contributed by atoms with Crippen LogP contribution in [-0.2, 0) is 0 Å². The lowest BCUT2D eigenvalue weighted by molar-refractivity contribution is 0.0693. The second-order valence-corrected chi connectivity index (χ2v) is 3.24. The van der Waals surface area contributed by atoms with Gasteiger partial charge < -0.3 is 15.6 Å². The van der Waals surface area contributed by atoms with Gasteiger partial charge in [-0.1, -0.05) is 0 Å². The summed E-state index contributed by atoms with van der Waals surface area (Å²) >= 11 is 0. The maximum absolute atomic E-state index is 10.9. The zero-order valence-electron chi connectivity index (χ0n) is 8.60. The Labute approximate surface area is 91.5 Å². The fraction of sp³-hybridized carbons (Fsp3) is 0.0909. The number of aromatic carboxylic acids is 1. The van der Waals surface area contributed by atoms with Crippen LogP contribution < -0.4 is 10.5 Å². The van der Waals surface area contributed by atoms with Gasteiger partial charge in [-0.15, -0.1) is 0 Å². The van der Waals surface area contributed by atoms with Crippen LogP contribution in [0, 0.1) is 0 Å². The van der Waals surface area contributed by atoms with E-state index in [2.05, 4.69) is 4.98 Å². The Balaban J connectivity index is 2.82. The summed E-state index contributed by atoms with van der Waals surface area (Å²) in [5.74, 6) is -0.551. The number of hydrogen-bond donors (Lipinski definition) is 2. The molecule has 3 N–H and O–H groups in total. The molecule has 0 spiro atoms. The van der Waals surface area contributed by atoms with Crippen LogP contribution in [0.3, 0.4) is 0 Å². The number of methoxy groups -OCH3 is 1. The third-order valence-electron chi connectivity index (χ3n) is 2.37. The van der Waals surface area contributed by atoms with Crippen molar-refractivity contribution in [2.24, 2.45) is 0 Å². The van der Waals surface area contributed by atoms with Gasteiger partial charge in [0.15, 0.2) is 5.69 Å². The van der Waals surface area contributed by atoms with Crippen LogP contribution in [-0.4, -0.2) is 23.2 Å². The molecule has 0 fully saturated rings. The molecule has 0 radical (unpaired) electrons. The molecule has 0 aliphatic carbocycles. The first kappa shape index (κ1) is 10.2. The highest BCUT2D eigenvalue weighted by Crippen LogP contribution is 2.31. The highest BCUT2D eigenvalue weighted by Gasteiger charge is 2.13. The number of pyridine rings is 1. The second-order valence-electron chi connectivity index (χ2n) is 3.24. The second kappa shape index (κ2) is 3.69. The molecule has 0 atom stereocenters. The van der Waals surface area contributed by atoms with Gasteiger partial charge in [0.25, 0.3) is 0 Å². The van der Waals surface area contributed by atoms with Gasteiger partial charge >= 0.3 is 5.97 Å². The molecular formula is C11H10N2O3. The maximum atomic E-state index is 10.9. The molecule has 5 nitrogen and oxygen atoms in total. The lowest BCUT2D eigenvalue weighted by Crippen LogP contribution is -2.02. The summed E-state index contributed by atoms with van der Waals surface area (Å²) < 4.78 is 5.06. The topological polar surface area (TPSA) is 85.4 Å². The Bertz CT molecular complexity index is 566. The minimum absolute atomic E-state index is 0.00754. The quantitative estimate of drug-likeness (QED) is 0.746. The third-order valence-corrected chi connectivity index (χ3v) is 2.37. The number of carboxylic acid groups (broad SMARTS) is 1. The predicted molar refractivity (Wildman–Crippen MR) is 59.7 cm³/mol. The molecule has 2 aromatic rings. The largest absolute Gasteiger partial charge is 0.495 e. The van der Waals surface area contributed by atoms with Gasteiger partial charge in [-0.3, -0.25) is 0 Å². The fourth-order valence-corrected chi connectivity index (χ4v) is 1.61. The number of nitrogens with zero attached hydrogens (tertiary/aromatic N) is 1. The van der Waals surface area contributed by atoms with Gasteiger partial charge in [-0.2, -0.15) is 0 Å². The summed E-state index contributed by atoms with van der Waals surface area (Å²) in [7, 11) is 1.51. The molecule has 1 heterocycles. The number of ether oxygens (including phenoxy) is 1. The summed E-state index contributed by atoms with van der Waals surface area (Å²) in [5, 5.41) is 10.1. The minimum Gasteiger partial charge on any atom is -0.495 e. The molecule has 0 aliphatic heterocycles. The Morgan fingerprint density at radius 3 is 2.75 bits per heavy atom. The van der Waals surface area contributed by atoms with Crippen LogP contribution in [0.15, 0.2) is 24.4 Å². The van der Waals surface area contributed by atoms with Gasteiger partial charge in [0.05, 0.1) is 12.8 Å². The molecule has 0 aliphatic rings. The van der Waals surface area contributed by atoms with Crippen molar-refractivity contribution in [3.05, 3.63) is 30.1 Å². The Morgan fingerprint density at radius 2 is 2.12 bits per heavy atom. The molecule has 0 saturated heterocycles. The lowest BCUT2D eigenvalue weighted by Gasteiger charge is -2.08. The molecule has 0 bridgehead atoms. The van der Waals surface area contributed by atoms with E-state index in [0.717, 1.165) is 0 Å².